The molecule has 1 saturated heterocycles. The SMILES string of the molecule is CCCC[C@H]1C(=O)N[C@@H](Cc2ccc3ccccc3c2)C(=O)N(C)[C@@H](COC(C)(C)C)C(=O)NCC(=O)N(C)CCC=CC(=O)OCC(C)(C)C(=O)C(=O)N2CCCC[C@H]2C(=O)O[C@H](CCc2cc(F)c(OC)c(OC)c2)c2cccc(c2)OCC(=O)N1C. The number of carbonyl (C=O) groups is 9. The Balaban J connectivity index is 1.36. The van der Waals surface area contributed by atoms with E-state index in [0.717, 1.165) is 16.8 Å². The number of fused-ring (bicyclic) bond motifs is 4. The number of ether oxygens (including phenoxy) is 6. The number of piperidine rings is 1. The lowest BCUT2D eigenvalue weighted by Crippen LogP contribution is -2.59. The molecule has 2 heterocycles. The average Bonchev–Trinajstić information content (AvgIpc) is 2.34. The second-order valence-corrected chi connectivity index (χ2v) is 24.2. The average molecular weight is 1240 g/mol. The van der Waals surface area contributed by atoms with Gasteiger partial charge in [0.05, 0.1) is 38.4 Å². The number of amides is 6. The van der Waals surface area contributed by atoms with Crippen molar-refractivity contribution in [3.05, 3.63) is 114 Å². The van der Waals surface area contributed by atoms with Crippen molar-refractivity contribution in [1.82, 2.24) is 30.2 Å². The van der Waals surface area contributed by atoms with Crippen LogP contribution in [0.5, 0.6) is 17.2 Å². The first-order valence-corrected chi connectivity index (χ1v) is 30.2. The first kappa shape index (κ1) is 69.7. The summed E-state index contributed by atoms with van der Waals surface area (Å²) in [7, 11) is 7.09. The van der Waals surface area contributed by atoms with E-state index in [0.29, 0.717) is 42.4 Å². The topological polar surface area (TPSA) is 246 Å². The number of ketones is 1. The van der Waals surface area contributed by atoms with Crippen LogP contribution >= 0.6 is 0 Å². The number of nitrogens with one attached hydrogen (secondary N) is 2. The van der Waals surface area contributed by atoms with Gasteiger partial charge < -0.3 is 58.7 Å². The molecule has 0 aliphatic carbocycles. The van der Waals surface area contributed by atoms with Gasteiger partial charge in [0, 0.05) is 46.7 Å². The number of likely N-dealkylation sites (N-methyl/N-ethyl adjacent to an activating group) is 3. The summed E-state index contributed by atoms with van der Waals surface area (Å²) in [4.78, 5) is 133. The Morgan fingerprint density at radius 3 is 2.21 bits per heavy atom. The number of Topliss-reactive ketones (excluding diaryl/α,β-unsaturated/α-hetero) is 1. The summed E-state index contributed by atoms with van der Waals surface area (Å²) in [5, 5.41) is 7.45. The Hall–Kier alpha value is -8.40. The van der Waals surface area contributed by atoms with Crippen LogP contribution in [0.2, 0.25) is 0 Å². The van der Waals surface area contributed by atoms with Gasteiger partial charge in [0.2, 0.25) is 29.4 Å². The number of hydrogen-bond donors (Lipinski definition) is 2. The molecule has 0 saturated carbocycles. The minimum atomic E-state index is -1.53. The third-order valence-corrected chi connectivity index (χ3v) is 15.8. The number of hydrogen-bond acceptors (Lipinski definition) is 15. The first-order chi connectivity index (χ1) is 42.2. The zero-order valence-electron chi connectivity index (χ0n) is 53.2. The fourth-order valence-electron chi connectivity index (χ4n) is 10.4. The molecule has 4 aromatic rings. The highest BCUT2D eigenvalue weighted by Gasteiger charge is 2.43. The molecule has 89 heavy (non-hydrogen) atoms. The summed E-state index contributed by atoms with van der Waals surface area (Å²) in [6.07, 6.45) is 4.49. The Morgan fingerprint density at radius 2 is 1.51 bits per heavy atom. The number of unbranched alkanes of at least 4 members (excludes halogenated alkanes) is 1. The summed E-state index contributed by atoms with van der Waals surface area (Å²) in [6, 6.07) is 17.8. The third-order valence-electron chi connectivity index (χ3n) is 15.8. The van der Waals surface area contributed by atoms with E-state index in [1.54, 1.807) is 51.1 Å². The summed E-state index contributed by atoms with van der Waals surface area (Å²) in [5.41, 5.74) is -0.714. The molecule has 4 aromatic carbocycles. The maximum absolute atomic E-state index is 15.3. The minimum absolute atomic E-state index is 0.0164. The second-order valence-electron chi connectivity index (χ2n) is 24.2. The van der Waals surface area contributed by atoms with Gasteiger partial charge in [-0.3, -0.25) is 33.6 Å². The van der Waals surface area contributed by atoms with Crippen LogP contribution in [0.4, 0.5) is 4.39 Å². The van der Waals surface area contributed by atoms with Gasteiger partial charge in [-0.15, -0.1) is 0 Å². The van der Waals surface area contributed by atoms with Crippen molar-refractivity contribution in [3.8, 4) is 17.2 Å². The lowest BCUT2D eigenvalue weighted by atomic mass is 9.87. The molecule has 2 N–H and O–H groups in total. The van der Waals surface area contributed by atoms with E-state index in [-0.39, 0.29) is 75.5 Å². The van der Waals surface area contributed by atoms with Crippen molar-refractivity contribution in [2.75, 3.05) is 74.8 Å². The Morgan fingerprint density at radius 1 is 0.764 bits per heavy atom. The second kappa shape index (κ2) is 32.2. The summed E-state index contributed by atoms with van der Waals surface area (Å²) in [6.45, 7) is 8.57. The van der Waals surface area contributed by atoms with E-state index < -0.39 is 120 Å². The van der Waals surface area contributed by atoms with Crippen LogP contribution in [0.1, 0.15) is 116 Å². The third kappa shape index (κ3) is 19.5. The largest absolute Gasteiger partial charge is 0.493 e. The van der Waals surface area contributed by atoms with Gasteiger partial charge in [0.1, 0.15) is 42.6 Å². The van der Waals surface area contributed by atoms with Crippen LogP contribution in [-0.2, 0) is 70.2 Å². The van der Waals surface area contributed by atoms with Gasteiger partial charge in [-0.2, -0.15) is 0 Å². The highest BCUT2D eigenvalue weighted by atomic mass is 19.1. The highest BCUT2D eigenvalue weighted by molar-refractivity contribution is 6.38. The van der Waals surface area contributed by atoms with Gasteiger partial charge in [-0.05, 0) is 131 Å². The normalized spacial score (nSPS) is 21.5. The van der Waals surface area contributed by atoms with E-state index >= 15 is 9.18 Å². The Kier molecular flexibility index (Phi) is 25.2. The van der Waals surface area contributed by atoms with Gasteiger partial charge in [-0.25, -0.2) is 14.0 Å². The number of carbonyl (C=O) groups excluding carboxylic acids is 9. The van der Waals surface area contributed by atoms with E-state index in [4.69, 9.17) is 28.4 Å². The molecule has 1 fully saturated rings. The Bertz CT molecular complexity index is 3220. The van der Waals surface area contributed by atoms with Crippen LogP contribution < -0.4 is 24.8 Å². The molecular formula is C67H87FN6O15. The predicted octanol–water partition coefficient (Wildman–Crippen LogP) is 7.03. The zero-order valence-corrected chi connectivity index (χ0v) is 53.2. The quantitative estimate of drug-likeness (QED) is 0.107. The number of benzene rings is 4. The van der Waals surface area contributed by atoms with Crippen molar-refractivity contribution in [1.29, 1.82) is 0 Å². The lowest BCUT2D eigenvalue weighted by Gasteiger charge is -2.36. The highest BCUT2D eigenvalue weighted by Crippen LogP contribution is 2.35. The molecule has 5 atom stereocenters. The molecular weight excluding hydrogens is 1150 g/mol. The van der Waals surface area contributed by atoms with E-state index in [1.807, 2.05) is 49.4 Å². The van der Waals surface area contributed by atoms with Gasteiger partial charge in [0.25, 0.3) is 11.8 Å². The van der Waals surface area contributed by atoms with Crippen molar-refractivity contribution >= 4 is 63.9 Å². The molecule has 22 heteroatoms. The van der Waals surface area contributed by atoms with E-state index in [1.165, 1.54) is 81.0 Å². The smallest absolute Gasteiger partial charge is 0.330 e. The maximum atomic E-state index is 15.3. The van der Waals surface area contributed by atoms with Crippen LogP contribution in [0.25, 0.3) is 10.8 Å². The number of halogens is 1. The lowest BCUT2D eigenvalue weighted by molar-refractivity contribution is -0.165. The Labute approximate surface area is 520 Å². The minimum Gasteiger partial charge on any atom is -0.493 e. The molecule has 0 radical (unpaired) electrons. The molecule has 2 bridgehead atoms. The van der Waals surface area contributed by atoms with E-state index in [2.05, 4.69) is 10.6 Å². The van der Waals surface area contributed by atoms with Crippen molar-refractivity contribution in [2.45, 2.75) is 142 Å². The fraction of sp³-hybridized carbons (Fsp3) is 0.507. The zero-order chi connectivity index (χ0) is 65.2. The van der Waals surface area contributed by atoms with Crippen LogP contribution in [0, 0.1) is 11.2 Å². The molecule has 21 nitrogen and oxygen atoms in total. The standard InChI is InChI=1S/C67H87FN6O15/c1-12-13-25-51-62(80)70-50(36-43-28-30-45-21-14-15-22-46(45)34-43)63(81)73(9)53(40-88-66(2,3)4)61(79)69-39-56(75)71(7)32-18-17-27-58(77)87-42-67(5,6)60(78)64(82)74-33-19-16-26-52(74)65(83)89-54(31-29-44-35-49(68)59(85-11)55(37-44)84-10)47-23-20-24-48(38-47)86-41-57(76)72(51)8/h14-15,17,20-24,27-28,30,34-35,37-38,50-54H,12-13,16,18-19,25-26,29,31-33,36,39-42H2,1-11H3,(H,69,79)(H,70,80)/t50-,51-,52-,53-,54+/m0/s1. The molecule has 2 aliphatic rings. The molecule has 2 aliphatic heterocycles. The maximum Gasteiger partial charge on any atom is 0.330 e. The number of methoxy groups -OCH3 is 2. The fourth-order valence-corrected chi connectivity index (χ4v) is 10.4. The molecule has 6 rings (SSSR count). The van der Waals surface area contributed by atoms with Crippen LogP contribution in [-0.4, -0.2) is 177 Å². The monoisotopic (exact) mass is 1230 g/mol. The van der Waals surface area contributed by atoms with Crippen molar-refractivity contribution < 1.29 is 76.0 Å². The number of esters is 2. The molecule has 6 amide bonds. The summed E-state index contributed by atoms with van der Waals surface area (Å²) >= 11 is 0. The predicted molar refractivity (Wildman–Crippen MR) is 330 cm³/mol. The molecule has 482 valence electrons. The number of nitrogens with zero attached hydrogens (tertiary/aromatic N) is 4. The van der Waals surface area contributed by atoms with Crippen molar-refractivity contribution in [3.63, 3.8) is 0 Å². The summed E-state index contributed by atoms with van der Waals surface area (Å²) < 4.78 is 49.9. The molecule has 0 aromatic heterocycles. The van der Waals surface area contributed by atoms with E-state index in [9.17, 15) is 38.4 Å². The molecule has 0 spiro atoms. The van der Waals surface area contributed by atoms with Crippen LogP contribution in [0.3, 0.4) is 0 Å². The number of cyclic esters (lactones) is 2. The summed E-state index contributed by atoms with van der Waals surface area (Å²) in [5.74, 6) is -7.02. The van der Waals surface area contributed by atoms with Gasteiger partial charge in [-0.1, -0.05) is 80.4 Å². The number of rotatable bonds is 12. The number of aryl methyl sites for hydroxylation is 1. The van der Waals surface area contributed by atoms with Crippen LogP contribution in [0.15, 0.2) is 91.0 Å². The van der Waals surface area contributed by atoms with Crippen molar-refractivity contribution in [2.24, 2.45) is 5.41 Å². The van der Waals surface area contributed by atoms with Gasteiger partial charge >= 0.3 is 11.9 Å². The first-order valence-electron chi connectivity index (χ1n) is 30.2. The molecule has 0 unspecified atom stereocenters. The van der Waals surface area contributed by atoms with Gasteiger partial charge in [0.15, 0.2) is 23.9 Å².